The van der Waals surface area contributed by atoms with Crippen LogP contribution in [0.2, 0.25) is 0 Å². The van der Waals surface area contributed by atoms with Crippen LogP contribution in [0.1, 0.15) is 54.9 Å². The smallest absolute Gasteiger partial charge is 0.408 e. The second-order valence-electron chi connectivity index (χ2n) is 10.3. The Labute approximate surface area is 212 Å². The highest BCUT2D eigenvalue weighted by Gasteiger charge is 2.33. The molecule has 2 rings (SSSR count). The second kappa shape index (κ2) is 11.9. The Hall–Kier alpha value is -3.62. The van der Waals surface area contributed by atoms with Gasteiger partial charge in [0, 0.05) is 5.39 Å². The first-order valence-corrected chi connectivity index (χ1v) is 12.0. The molecule has 3 amide bonds. The van der Waals surface area contributed by atoms with E-state index in [4.69, 9.17) is 4.74 Å². The minimum atomic E-state index is -1.19. The lowest BCUT2D eigenvalue weighted by atomic mass is 10.0. The van der Waals surface area contributed by atoms with Crippen molar-refractivity contribution in [1.29, 1.82) is 0 Å². The van der Waals surface area contributed by atoms with Crippen LogP contribution in [-0.4, -0.2) is 52.7 Å². The Morgan fingerprint density at radius 1 is 0.944 bits per heavy atom. The molecule has 9 heteroatoms. The molecule has 196 valence electrons. The molecule has 3 N–H and O–H groups in total. The molecular weight excluding hydrogens is 462 g/mol. The maximum absolute atomic E-state index is 13.6. The summed E-state index contributed by atoms with van der Waals surface area (Å²) in [6.45, 7) is 11.9. The van der Waals surface area contributed by atoms with Crippen LogP contribution in [0.5, 0.6) is 0 Å². The third kappa shape index (κ3) is 7.69. The van der Waals surface area contributed by atoms with Crippen molar-refractivity contribution in [1.82, 2.24) is 10.6 Å². The predicted molar refractivity (Wildman–Crippen MR) is 139 cm³/mol. The SMILES string of the molecule is CC(C)C[C@H](NC(=O)OC(C)(C)C)C(=O)N[C@@H](C)C(=O)N(c1cccc2ccccc12)[C@@H](C)C(=O)O. The van der Waals surface area contributed by atoms with Crippen LogP contribution in [0.4, 0.5) is 10.5 Å². The van der Waals surface area contributed by atoms with Crippen LogP contribution in [-0.2, 0) is 19.1 Å². The number of amides is 3. The van der Waals surface area contributed by atoms with Crippen molar-refractivity contribution in [2.24, 2.45) is 5.92 Å². The molecule has 2 aromatic rings. The molecule has 0 aliphatic rings. The van der Waals surface area contributed by atoms with E-state index in [1.54, 1.807) is 32.9 Å². The monoisotopic (exact) mass is 499 g/mol. The molecular formula is C27H37N3O6. The van der Waals surface area contributed by atoms with E-state index in [1.165, 1.54) is 18.7 Å². The van der Waals surface area contributed by atoms with Crippen molar-refractivity contribution in [3.63, 3.8) is 0 Å². The average Bonchev–Trinajstić information content (AvgIpc) is 2.77. The van der Waals surface area contributed by atoms with Gasteiger partial charge in [-0.2, -0.15) is 0 Å². The van der Waals surface area contributed by atoms with Gasteiger partial charge in [0.1, 0.15) is 23.7 Å². The molecule has 0 aliphatic heterocycles. The number of carbonyl (C=O) groups is 4. The normalized spacial score (nSPS) is 14.0. The number of aliphatic carboxylic acids is 1. The van der Waals surface area contributed by atoms with Gasteiger partial charge in [-0.25, -0.2) is 9.59 Å². The Balaban J connectivity index is 2.31. The fraction of sp³-hybridized carbons (Fsp3) is 0.481. The third-order valence-electron chi connectivity index (χ3n) is 5.45. The molecule has 0 spiro atoms. The summed E-state index contributed by atoms with van der Waals surface area (Å²) in [6.07, 6.45) is -0.413. The van der Waals surface area contributed by atoms with E-state index < -0.39 is 47.6 Å². The maximum Gasteiger partial charge on any atom is 0.408 e. The fourth-order valence-electron chi connectivity index (χ4n) is 3.78. The fourth-order valence-corrected chi connectivity index (χ4v) is 3.78. The molecule has 0 unspecified atom stereocenters. The van der Waals surface area contributed by atoms with Crippen LogP contribution in [0.25, 0.3) is 10.8 Å². The third-order valence-corrected chi connectivity index (χ3v) is 5.45. The number of anilines is 1. The standard InChI is InChI=1S/C27H37N3O6/c1-16(2)15-21(29-26(35)36-27(5,6)7)23(31)28-17(3)24(32)30(18(4)25(33)34)22-14-10-12-19-11-8-9-13-20(19)22/h8-14,16-18,21H,15H2,1-7H3,(H,28,31)(H,29,35)(H,33,34)/t17-,18-,21-/m0/s1. The van der Waals surface area contributed by atoms with Crippen molar-refractivity contribution in [2.75, 3.05) is 4.90 Å². The van der Waals surface area contributed by atoms with Crippen LogP contribution >= 0.6 is 0 Å². The molecule has 0 saturated carbocycles. The van der Waals surface area contributed by atoms with Gasteiger partial charge in [0.05, 0.1) is 5.69 Å². The van der Waals surface area contributed by atoms with E-state index in [1.807, 2.05) is 44.2 Å². The van der Waals surface area contributed by atoms with E-state index in [9.17, 15) is 24.3 Å². The van der Waals surface area contributed by atoms with E-state index in [0.717, 1.165) is 5.39 Å². The zero-order valence-corrected chi connectivity index (χ0v) is 22.0. The molecule has 0 saturated heterocycles. The van der Waals surface area contributed by atoms with Gasteiger partial charge >= 0.3 is 12.1 Å². The topological polar surface area (TPSA) is 125 Å². The molecule has 0 heterocycles. The highest BCUT2D eigenvalue weighted by atomic mass is 16.6. The average molecular weight is 500 g/mol. The Kier molecular flexibility index (Phi) is 9.44. The number of hydrogen-bond donors (Lipinski definition) is 3. The Bertz CT molecular complexity index is 1100. The summed E-state index contributed by atoms with van der Waals surface area (Å²) in [5.74, 6) is -2.26. The van der Waals surface area contributed by atoms with Gasteiger partial charge in [-0.3, -0.25) is 14.5 Å². The molecule has 0 radical (unpaired) electrons. The van der Waals surface area contributed by atoms with Crippen molar-refractivity contribution in [3.05, 3.63) is 42.5 Å². The van der Waals surface area contributed by atoms with E-state index in [2.05, 4.69) is 10.6 Å². The lowest BCUT2D eigenvalue weighted by Crippen LogP contribution is -2.56. The summed E-state index contributed by atoms with van der Waals surface area (Å²) in [4.78, 5) is 52.1. The van der Waals surface area contributed by atoms with Gasteiger partial charge in [0.2, 0.25) is 11.8 Å². The van der Waals surface area contributed by atoms with Crippen molar-refractivity contribution in [3.8, 4) is 0 Å². The van der Waals surface area contributed by atoms with E-state index in [0.29, 0.717) is 17.5 Å². The molecule has 9 nitrogen and oxygen atoms in total. The number of ether oxygens (including phenoxy) is 1. The van der Waals surface area contributed by atoms with Gasteiger partial charge in [0.15, 0.2) is 0 Å². The number of nitrogens with zero attached hydrogens (tertiary/aromatic N) is 1. The summed E-state index contributed by atoms with van der Waals surface area (Å²) in [7, 11) is 0. The summed E-state index contributed by atoms with van der Waals surface area (Å²) in [6, 6.07) is 9.47. The van der Waals surface area contributed by atoms with Crippen LogP contribution in [0, 0.1) is 5.92 Å². The highest BCUT2D eigenvalue weighted by Crippen LogP contribution is 2.29. The minimum Gasteiger partial charge on any atom is -0.480 e. The summed E-state index contributed by atoms with van der Waals surface area (Å²) in [5, 5.41) is 16.5. The summed E-state index contributed by atoms with van der Waals surface area (Å²) < 4.78 is 5.28. The number of alkyl carbamates (subject to hydrolysis) is 1. The number of carboxylic acid groups (broad SMARTS) is 1. The first-order valence-electron chi connectivity index (χ1n) is 12.0. The number of fused-ring (bicyclic) bond motifs is 1. The van der Waals surface area contributed by atoms with Crippen LogP contribution in [0.15, 0.2) is 42.5 Å². The lowest BCUT2D eigenvalue weighted by Gasteiger charge is -2.31. The Morgan fingerprint density at radius 3 is 2.14 bits per heavy atom. The van der Waals surface area contributed by atoms with Crippen molar-refractivity contribution in [2.45, 2.75) is 78.6 Å². The molecule has 0 aliphatic carbocycles. The van der Waals surface area contributed by atoms with Crippen molar-refractivity contribution < 1.29 is 29.0 Å². The van der Waals surface area contributed by atoms with Gasteiger partial charge in [-0.05, 0) is 58.4 Å². The number of carboxylic acids is 1. The van der Waals surface area contributed by atoms with Gasteiger partial charge in [-0.1, -0.05) is 50.2 Å². The van der Waals surface area contributed by atoms with Crippen LogP contribution in [0.3, 0.4) is 0 Å². The van der Waals surface area contributed by atoms with E-state index >= 15 is 0 Å². The molecule has 0 aromatic heterocycles. The molecule has 36 heavy (non-hydrogen) atoms. The number of hydrogen-bond acceptors (Lipinski definition) is 5. The quantitative estimate of drug-likeness (QED) is 0.477. The lowest BCUT2D eigenvalue weighted by molar-refractivity contribution is -0.140. The van der Waals surface area contributed by atoms with Crippen LogP contribution < -0.4 is 15.5 Å². The molecule has 2 aromatic carbocycles. The summed E-state index contributed by atoms with van der Waals surface area (Å²) >= 11 is 0. The zero-order valence-electron chi connectivity index (χ0n) is 22.0. The highest BCUT2D eigenvalue weighted by molar-refractivity contribution is 6.09. The minimum absolute atomic E-state index is 0.0703. The second-order valence-corrected chi connectivity index (χ2v) is 10.3. The maximum atomic E-state index is 13.6. The molecule has 0 bridgehead atoms. The van der Waals surface area contributed by atoms with E-state index in [-0.39, 0.29) is 5.92 Å². The molecule has 3 atom stereocenters. The number of carbonyl (C=O) groups excluding carboxylic acids is 3. The van der Waals surface area contributed by atoms with Gasteiger partial charge in [0.25, 0.3) is 0 Å². The Morgan fingerprint density at radius 2 is 1.56 bits per heavy atom. The van der Waals surface area contributed by atoms with Gasteiger partial charge < -0.3 is 20.5 Å². The number of rotatable bonds is 9. The summed E-state index contributed by atoms with van der Waals surface area (Å²) in [5.41, 5.74) is -0.308. The van der Waals surface area contributed by atoms with Crippen molar-refractivity contribution >= 4 is 40.3 Å². The first-order chi connectivity index (χ1) is 16.7. The predicted octanol–water partition coefficient (Wildman–Crippen LogP) is 4.09. The number of nitrogens with one attached hydrogen (secondary N) is 2. The number of benzene rings is 2. The largest absolute Gasteiger partial charge is 0.480 e. The van der Waals surface area contributed by atoms with Gasteiger partial charge in [-0.15, -0.1) is 0 Å². The molecule has 0 fully saturated rings. The zero-order chi connectivity index (χ0) is 27.2. The first kappa shape index (κ1) is 28.6.